The van der Waals surface area contributed by atoms with Gasteiger partial charge in [0.2, 0.25) is 5.78 Å². The molecule has 0 saturated carbocycles. The lowest BCUT2D eigenvalue weighted by Crippen LogP contribution is -2.55. The summed E-state index contributed by atoms with van der Waals surface area (Å²) < 4.78 is 33.0. The second-order valence-electron chi connectivity index (χ2n) is 9.10. The highest BCUT2D eigenvalue weighted by Crippen LogP contribution is 2.38. The largest absolute Gasteiger partial charge is 0.495 e. The van der Waals surface area contributed by atoms with Crippen molar-refractivity contribution in [2.75, 3.05) is 32.2 Å². The number of amides is 2. The molecule has 0 spiro atoms. The number of rotatable bonds is 10. The highest BCUT2D eigenvalue weighted by molar-refractivity contribution is 9.10. The van der Waals surface area contributed by atoms with E-state index in [-0.39, 0.29) is 23.5 Å². The van der Waals surface area contributed by atoms with Crippen molar-refractivity contribution in [3.05, 3.63) is 82.3 Å². The topological polar surface area (TPSA) is 111 Å². The maximum Gasteiger partial charge on any atom is 0.371 e. The molecule has 40 heavy (non-hydrogen) atoms. The molecule has 4 rings (SSSR count). The Morgan fingerprint density at radius 1 is 1.00 bits per heavy atom. The molecule has 3 aromatic carbocycles. The summed E-state index contributed by atoms with van der Waals surface area (Å²) in [6.07, 6.45) is 1.14. The number of esters is 1. The van der Waals surface area contributed by atoms with Crippen LogP contribution in [-0.4, -0.2) is 56.0 Å². The number of carbonyl (C=O) groups is 3. The second-order valence-corrected chi connectivity index (χ2v) is 9.96. The molecule has 1 aliphatic heterocycles. The summed E-state index contributed by atoms with van der Waals surface area (Å²) in [6.45, 7) is 0.703. The molecule has 3 aromatic rings. The maximum atomic E-state index is 16.5. The van der Waals surface area contributed by atoms with E-state index in [1.165, 1.54) is 48.3 Å². The first-order valence-corrected chi connectivity index (χ1v) is 13.3. The number of hydrogen-bond acceptors (Lipinski definition) is 7. The summed E-state index contributed by atoms with van der Waals surface area (Å²) in [5, 5.41) is 0. The number of alkyl halides is 1. The Kier molecular flexibility index (Phi) is 9.06. The number of urea groups is 1. The van der Waals surface area contributed by atoms with Gasteiger partial charge in [0.05, 0.1) is 31.2 Å². The number of ether oxygens (including phenoxy) is 3. The van der Waals surface area contributed by atoms with Gasteiger partial charge in [-0.2, -0.15) is 4.39 Å². The van der Waals surface area contributed by atoms with Crippen LogP contribution in [0.1, 0.15) is 28.8 Å². The fourth-order valence-corrected chi connectivity index (χ4v) is 5.01. The van der Waals surface area contributed by atoms with Gasteiger partial charge in [0.15, 0.2) is 0 Å². The number of likely N-dealkylation sites (tertiary alicyclic amines) is 1. The van der Waals surface area contributed by atoms with Gasteiger partial charge in [-0.1, -0.05) is 18.2 Å². The van der Waals surface area contributed by atoms with E-state index in [1.807, 2.05) is 0 Å². The molecule has 0 aromatic heterocycles. The van der Waals surface area contributed by atoms with Crippen LogP contribution < -0.4 is 20.1 Å². The molecule has 2 N–H and O–H groups in total. The van der Waals surface area contributed by atoms with Crippen LogP contribution in [0.2, 0.25) is 0 Å². The fourth-order valence-electron chi connectivity index (χ4n) is 4.55. The van der Waals surface area contributed by atoms with Crippen LogP contribution >= 0.6 is 15.9 Å². The summed E-state index contributed by atoms with van der Waals surface area (Å²) >= 11 is 3.43. The second kappa shape index (κ2) is 12.5. The zero-order valence-corrected chi connectivity index (χ0v) is 23.6. The zero-order chi connectivity index (χ0) is 28.9. The summed E-state index contributed by atoms with van der Waals surface area (Å²) in [5.74, 6) is -3.72. The van der Waals surface area contributed by atoms with Gasteiger partial charge in [-0.3, -0.25) is 9.69 Å². The highest BCUT2D eigenvalue weighted by Gasteiger charge is 2.48. The van der Waals surface area contributed by atoms with Gasteiger partial charge in [-0.15, -0.1) is 0 Å². The van der Waals surface area contributed by atoms with Gasteiger partial charge >= 0.3 is 18.0 Å². The van der Waals surface area contributed by atoms with Crippen LogP contribution in [0.25, 0.3) is 0 Å². The average Bonchev–Trinajstić information content (AvgIpc) is 3.50. The minimum absolute atomic E-state index is 0.0915. The van der Waals surface area contributed by atoms with E-state index in [0.29, 0.717) is 34.5 Å². The maximum absolute atomic E-state index is 16.5. The van der Waals surface area contributed by atoms with E-state index in [9.17, 15) is 14.4 Å². The predicted octanol–water partition coefficient (Wildman–Crippen LogP) is 5.37. The molecule has 1 fully saturated rings. The van der Waals surface area contributed by atoms with Gasteiger partial charge in [0, 0.05) is 24.0 Å². The third-order valence-corrected chi connectivity index (χ3v) is 7.22. The van der Waals surface area contributed by atoms with E-state index < -0.39 is 23.8 Å². The Bertz CT molecular complexity index is 1400. The molecule has 210 valence electrons. The monoisotopic (exact) mass is 613 g/mol. The lowest BCUT2D eigenvalue weighted by molar-refractivity contribution is -0.191. The number of para-hydroxylation sites is 1. The van der Waals surface area contributed by atoms with Crippen molar-refractivity contribution < 1.29 is 33.0 Å². The van der Waals surface area contributed by atoms with Crippen LogP contribution in [0, 0.1) is 0 Å². The number of hydrogen-bond donors (Lipinski definition) is 1. The molecular weight excluding hydrogens is 585 g/mol. The molecule has 1 aliphatic rings. The van der Waals surface area contributed by atoms with E-state index in [4.69, 9.17) is 19.9 Å². The molecule has 2 amide bonds. The van der Waals surface area contributed by atoms with Crippen LogP contribution in [-0.2, 0) is 16.0 Å². The molecular formula is C29H29BrFN3O6. The molecule has 1 unspecified atom stereocenters. The van der Waals surface area contributed by atoms with Crippen molar-refractivity contribution in [1.29, 1.82) is 0 Å². The standard InChI is InChI=1S/C29H29BrFN3O6/c1-38-25-17-19(9-14-24(25)34(28(32)37)23-8-4-3-7-22(23)30)18-26(35)29(31,33-15-5-6-16-33)40-21-12-10-20(11-13-21)27(36)39-2/h3-4,7-14,17H,5-6,15-16,18H2,1-2H3,(H2,32,37). The minimum Gasteiger partial charge on any atom is -0.495 e. The predicted molar refractivity (Wildman–Crippen MR) is 151 cm³/mol. The number of nitrogens with zero attached hydrogens (tertiary/aromatic N) is 2. The van der Waals surface area contributed by atoms with Crippen molar-refractivity contribution in [3.8, 4) is 11.5 Å². The average molecular weight is 614 g/mol. The first-order chi connectivity index (χ1) is 19.2. The Balaban J connectivity index is 1.62. The van der Waals surface area contributed by atoms with Crippen molar-refractivity contribution >= 4 is 45.1 Å². The van der Waals surface area contributed by atoms with Crippen LogP contribution in [0.15, 0.2) is 71.2 Å². The zero-order valence-electron chi connectivity index (χ0n) is 22.1. The van der Waals surface area contributed by atoms with Crippen LogP contribution in [0.4, 0.5) is 20.6 Å². The summed E-state index contributed by atoms with van der Waals surface area (Å²) in [5.41, 5.74) is 7.28. The molecule has 0 aliphatic carbocycles. The summed E-state index contributed by atoms with van der Waals surface area (Å²) in [4.78, 5) is 40.3. The summed E-state index contributed by atoms with van der Waals surface area (Å²) in [6, 6.07) is 16.8. The van der Waals surface area contributed by atoms with Crippen molar-refractivity contribution in [1.82, 2.24) is 4.90 Å². The van der Waals surface area contributed by atoms with Crippen molar-refractivity contribution in [2.24, 2.45) is 5.73 Å². The molecule has 9 nitrogen and oxygen atoms in total. The minimum atomic E-state index is -2.73. The number of Topliss-reactive ketones (excluding diaryl/α,β-unsaturated/α-hetero) is 1. The molecule has 1 saturated heterocycles. The molecule has 1 atom stereocenters. The molecule has 0 radical (unpaired) electrons. The van der Waals surface area contributed by atoms with Crippen LogP contribution in [0.5, 0.6) is 11.5 Å². The third-order valence-electron chi connectivity index (χ3n) is 6.55. The van der Waals surface area contributed by atoms with Gasteiger partial charge in [0.1, 0.15) is 11.5 Å². The Morgan fingerprint density at radius 3 is 2.27 bits per heavy atom. The van der Waals surface area contributed by atoms with Crippen molar-refractivity contribution in [3.63, 3.8) is 0 Å². The van der Waals surface area contributed by atoms with E-state index in [2.05, 4.69) is 15.9 Å². The quantitative estimate of drug-likeness (QED) is 0.242. The fraction of sp³-hybridized carbons (Fsp3) is 0.276. The molecule has 11 heteroatoms. The lowest BCUT2D eigenvalue weighted by Gasteiger charge is -2.33. The number of carbonyl (C=O) groups excluding carboxylic acids is 3. The number of anilines is 2. The van der Waals surface area contributed by atoms with E-state index >= 15 is 4.39 Å². The number of methoxy groups -OCH3 is 2. The number of halogens is 2. The first-order valence-electron chi connectivity index (χ1n) is 12.5. The number of benzene rings is 3. The number of primary amides is 1. The number of ketones is 1. The molecule has 0 bridgehead atoms. The third kappa shape index (κ3) is 6.10. The van der Waals surface area contributed by atoms with Crippen LogP contribution in [0.3, 0.4) is 0 Å². The van der Waals surface area contributed by atoms with E-state index in [0.717, 1.165) is 12.8 Å². The Hall–Kier alpha value is -3.96. The number of nitrogens with two attached hydrogens (primary N) is 1. The molecule has 1 heterocycles. The van der Waals surface area contributed by atoms with Gasteiger partial charge in [0.25, 0.3) is 0 Å². The Morgan fingerprint density at radius 2 is 1.68 bits per heavy atom. The highest BCUT2D eigenvalue weighted by atomic mass is 79.9. The summed E-state index contributed by atoms with van der Waals surface area (Å²) in [7, 11) is 2.69. The lowest BCUT2D eigenvalue weighted by atomic mass is 10.0. The van der Waals surface area contributed by atoms with Gasteiger partial charge < -0.3 is 19.9 Å². The van der Waals surface area contributed by atoms with E-state index in [1.54, 1.807) is 42.5 Å². The van der Waals surface area contributed by atoms with Gasteiger partial charge in [-0.05, 0) is 82.9 Å². The van der Waals surface area contributed by atoms with Gasteiger partial charge in [-0.25, -0.2) is 14.5 Å². The smallest absolute Gasteiger partial charge is 0.371 e. The Labute approximate surface area is 239 Å². The van der Waals surface area contributed by atoms with Crippen molar-refractivity contribution in [2.45, 2.75) is 25.2 Å². The normalized spacial score (nSPS) is 14.7. The first kappa shape index (κ1) is 29.0. The SMILES string of the molecule is COC(=O)c1ccc(OC(F)(C(=O)Cc2ccc(N(C(N)=O)c3ccccc3Br)c(OC)c2)N2CCCC2)cc1.